The van der Waals surface area contributed by atoms with Gasteiger partial charge in [0.25, 0.3) is 5.91 Å². The number of ether oxygens (including phenoxy) is 3. The summed E-state index contributed by atoms with van der Waals surface area (Å²) in [6, 6.07) is 18.3. The number of likely N-dealkylation sites (N-methyl/N-ethyl adjacent to an activating group) is 1. The van der Waals surface area contributed by atoms with Crippen LogP contribution >= 0.6 is 0 Å². The van der Waals surface area contributed by atoms with Gasteiger partial charge in [-0.2, -0.15) is 0 Å². The van der Waals surface area contributed by atoms with Crippen LogP contribution in [0.25, 0.3) is 5.69 Å². The van der Waals surface area contributed by atoms with Crippen molar-refractivity contribution >= 4 is 11.9 Å². The van der Waals surface area contributed by atoms with E-state index in [1.165, 1.54) is 4.90 Å². The van der Waals surface area contributed by atoms with Crippen LogP contribution < -0.4 is 9.47 Å². The number of nitrogens with zero attached hydrogens (tertiary/aromatic N) is 2. The minimum Gasteiger partial charge on any atom is -0.486 e. The highest BCUT2D eigenvalue weighted by Gasteiger charge is 2.24. The lowest BCUT2D eigenvalue weighted by molar-refractivity contribution is -0.134. The smallest absolute Gasteiger partial charge is 0.338 e. The molecule has 7 heteroatoms. The summed E-state index contributed by atoms with van der Waals surface area (Å²) in [6.45, 7) is 0.345. The molecule has 4 rings (SSSR count). The maximum absolute atomic E-state index is 12.4. The summed E-state index contributed by atoms with van der Waals surface area (Å²) >= 11 is 0. The van der Waals surface area contributed by atoms with Gasteiger partial charge in [0, 0.05) is 25.1 Å². The van der Waals surface area contributed by atoms with E-state index in [2.05, 4.69) is 0 Å². The van der Waals surface area contributed by atoms with E-state index < -0.39 is 5.97 Å². The van der Waals surface area contributed by atoms with E-state index >= 15 is 0 Å². The second-order valence-electron chi connectivity index (χ2n) is 6.99. The van der Waals surface area contributed by atoms with Gasteiger partial charge in [0.2, 0.25) is 0 Å². The molecule has 154 valence electrons. The standard InChI is InChI=1S/C23H22N2O5/c1-24(14-19-15-28-20-6-2-3-7-21(20)30-19)22(26)16-29-23(27)17-8-10-18(11-9-17)25-12-4-5-13-25/h2-13,19H,14-16H2,1H3/t19-/m0/s1. The van der Waals surface area contributed by atoms with Crippen molar-refractivity contribution in [3.05, 3.63) is 78.6 Å². The lowest BCUT2D eigenvalue weighted by Gasteiger charge is -2.29. The molecule has 0 N–H and O–H groups in total. The summed E-state index contributed by atoms with van der Waals surface area (Å²) in [5, 5.41) is 0. The number of rotatable bonds is 6. The van der Waals surface area contributed by atoms with E-state index in [0.29, 0.717) is 30.2 Å². The number of hydrogen-bond acceptors (Lipinski definition) is 5. The number of para-hydroxylation sites is 2. The Balaban J connectivity index is 1.26. The minimum atomic E-state index is -0.540. The van der Waals surface area contributed by atoms with Crippen molar-refractivity contribution in [3.63, 3.8) is 0 Å². The van der Waals surface area contributed by atoms with Crippen molar-refractivity contribution in [2.24, 2.45) is 0 Å². The van der Waals surface area contributed by atoms with Crippen molar-refractivity contribution < 1.29 is 23.8 Å². The van der Waals surface area contributed by atoms with Gasteiger partial charge >= 0.3 is 5.97 Å². The van der Waals surface area contributed by atoms with Crippen LogP contribution in [0.2, 0.25) is 0 Å². The monoisotopic (exact) mass is 406 g/mol. The van der Waals surface area contributed by atoms with Gasteiger partial charge in [-0.15, -0.1) is 0 Å². The Morgan fingerprint density at radius 2 is 1.73 bits per heavy atom. The molecule has 0 bridgehead atoms. The molecule has 0 saturated carbocycles. The minimum absolute atomic E-state index is 0.286. The first-order valence-corrected chi connectivity index (χ1v) is 9.63. The number of fused-ring (bicyclic) bond motifs is 1. The first-order valence-electron chi connectivity index (χ1n) is 9.63. The molecule has 1 amide bonds. The van der Waals surface area contributed by atoms with E-state index in [0.717, 1.165) is 5.69 Å². The van der Waals surface area contributed by atoms with E-state index in [-0.39, 0.29) is 18.6 Å². The molecule has 0 aliphatic carbocycles. The van der Waals surface area contributed by atoms with Gasteiger partial charge < -0.3 is 23.7 Å². The van der Waals surface area contributed by atoms with Gasteiger partial charge in [-0.25, -0.2) is 4.79 Å². The number of benzene rings is 2. The van der Waals surface area contributed by atoms with Gasteiger partial charge in [-0.1, -0.05) is 12.1 Å². The van der Waals surface area contributed by atoms with Gasteiger partial charge in [0.05, 0.1) is 12.1 Å². The van der Waals surface area contributed by atoms with E-state index in [1.54, 1.807) is 19.2 Å². The van der Waals surface area contributed by atoms with Crippen LogP contribution in [0.4, 0.5) is 0 Å². The quantitative estimate of drug-likeness (QED) is 0.589. The number of esters is 1. The Labute approximate surface area is 174 Å². The SMILES string of the molecule is CN(C[C@H]1COc2ccccc2O1)C(=O)COC(=O)c1ccc(-n2cccc2)cc1. The molecular weight excluding hydrogens is 384 g/mol. The maximum atomic E-state index is 12.4. The third-order valence-corrected chi connectivity index (χ3v) is 4.80. The lowest BCUT2D eigenvalue weighted by atomic mass is 10.2. The molecule has 0 fully saturated rings. The lowest BCUT2D eigenvalue weighted by Crippen LogP contribution is -2.43. The molecule has 1 aliphatic rings. The number of hydrogen-bond donors (Lipinski definition) is 0. The molecule has 1 aliphatic heterocycles. The topological polar surface area (TPSA) is 70.0 Å². The highest BCUT2D eigenvalue weighted by Crippen LogP contribution is 2.30. The normalized spacial score (nSPS) is 14.8. The molecule has 2 heterocycles. The van der Waals surface area contributed by atoms with Crippen LogP contribution in [-0.2, 0) is 9.53 Å². The molecular formula is C23H22N2O5. The Bertz CT molecular complexity index is 1010. The number of amides is 1. The number of carbonyl (C=O) groups excluding carboxylic acids is 2. The molecule has 30 heavy (non-hydrogen) atoms. The Hall–Kier alpha value is -3.74. The Kier molecular flexibility index (Phi) is 5.70. The van der Waals surface area contributed by atoms with Crippen LogP contribution in [0, 0.1) is 0 Å². The fourth-order valence-electron chi connectivity index (χ4n) is 3.16. The molecule has 1 atom stereocenters. The molecule has 0 unspecified atom stereocenters. The molecule has 3 aromatic rings. The van der Waals surface area contributed by atoms with Crippen LogP contribution in [0.1, 0.15) is 10.4 Å². The summed E-state index contributed by atoms with van der Waals surface area (Å²) in [4.78, 5) is 26.1. The fraction of sp³-hybridized carbons (Fsp3) is 0.217. The van der Waals surface area contributed by atoms with Crippen LogP contribution in [0.5, 0.6) is 11.5 Å². The Morgan fingerprint density at radius 1 is 1.03 bits per heavy atom. The summed E-state index contributed by atoms with van der Waals surface area (Å²) < 4.78 is 18.6. The number of aromatic nitrogens is 1. The third kappa shape index (κ3) is 4.46. The van der Waals surface area contributed by atoms with Crippen LogP contribution in [0.3, 0.4) is 0 Å². The average Bonchev–Trinajstić information content (AvgIpc) is 3.32. The van der Waals surface area contributed by atoms with E-state index in [4.69, 9.17) is 14.2 Å². The fourth-order valence-corrected chi connectivity index (χ4v) is 3.16. The maximum Gasteiger partial charge on any atom is 0.338 e. The van der Waals surface area contributed by atoms with Crippen molar-refractivity contribution in [1.29, 1.82) is 0 Å². The van der Waals surface area contributed by atoms with E-state index in [9.17, 15) is 9.59 Å². The zero-order valence-corrected chi connectivity index (χ0v) is 16.6. The van der Waals surface area contributed by atoms with Crippen molar-refractivity contribution in [3.8, 4) is 17.2 Å². The van der Waals surface area contributed by atoms with Gasteiger partial charge in [-0.05, 0) is 48.5 Å². The van der Waals surface area contributed by atoms with Crippen molar-refractivity contribution in [2.75, 3.05) is 26.8 Å². The van der Waals surface area contributed by atoms with Crippen molar-refractivity contribution in [1.82, 2.24) is 9.47 Å². The molecule has 7 nitrogen and oxygen atoms in total. The first kappa shape index (κ1) is 19.6. The third-order valence-electron chi connectivity index (χ3n) is 4.80. The van der Waals surface area contributed by atoms with Crippen LogP contribution in [0.15, 0.2) is 73.1 Å². The van der Waals surface area contributed by atoms with Crippen LogP contribution in [-0.4, -0.2) is 54.3 Å². The molecule has 0 radical (unpaired) electrons. The average molecular weight is 406 g/mol. The second-order valence-corrected chi connectivity index (χ2v) is 6.99. The summed E-state index contributed by atoms with van der Waals surface area (Å²) in [5.41, 5.74) is 1.32. The predicted octanol–water partition coefficient (Wildman–Crippen LogP) is 2.93. The predicted molar refractivity (Wildman–Crippen MR) is 110 cm³/mol. The molecule has 0 saturated heterocycles. The zero-order chi connectivity index (χ0) is 20.9. The number of carbonyl (C=O) groups is 2. The van der Waals surface area contributed by atoms with Gasteiger partial charge in [-0.3, -0.25) is 4.79 Å². The molecule has 0 spiro atoms. The van der Waals surface area contributed by atoms with Gasteiger partial charge in [0.1, 0.15) is 6.61 Å². The Morgan fingerprint density at radius 3 is 2.47 bits per heavy atom. The largest absolute Gasteiger partial charge is 0.486 e. The second kappa shape index (κ2) is 8.73. The first-order chi connectivity index (χ1) is 14.6. The highest BCUT2D eigenvalue weighted by molar-refractivity contribution is 5.91. The summed E-state index contributed by atoms with van der Waals surface area (Å²) in [6.07, 6.45) is 3.55. The molecule has 2 aromatic carbocycles. The van der Waals surface area contributed by atoms with Gasteiger partial charge in [0.15, 0.2) is 24.2 Å². The van der Waals surface area contributed by atoms with Crippen molar-refractivity contribution in [2.45, 2.75) is 6.10 Å². The molecule has 1 aromatic heterocycles. The zero-order valence-electron chi connectivity index (χ0n) is 16.6. The summed E-state index contributed by atoms with van der Waals surface area (Å²) in [7, 11) is 1.64. The van der Waals surface area contributed by atoms with E-state index in [1.807, 2.05) is 65.5 Å². The highest BCUT2D eigenvalue weighted by atomic mass is 16.6. The summed E-state index contributed by atoms with van der Waals surface area (Å²) in [5.74, 6) is 0.501.